The van der Waals surface area contributed by atoms with Crippen molar-refractivity contribution in [2.75, 3.05) is 6.54 Å². The van der Waals surface area contributed by atoms with Gasteiger partial charge in [0, 0.05) is 25.1 Å². The lowest BCUT2D eigenvalue weighted by molar-refractivity contribution is 0.0695. The molecule has 1 aromatic carbocycles. The molecule has 0 bridgehead atoms. The average molecular weight is 394 g/mol. The van der Waals surface area contributed by atoms with Gasteiger partial charge in [0.05, 0.1) is 6.04 Å². The second kappa shape index (κ2) is 7.46. The highest BCUT2D eigenvalue weighted by Gasteiger charge is 2.36. The van der Waals surface area contributed by atoms with E-state index in [0.717, 1.165) is 55.9 Å². The van der Waals surface area contributed by atoms with E-state index < -0.39 is 0 Å². The zero-order chi connectivity index (χ0) is 19.8. The van der Waals surface area contributed by atoms with E-state index in [9.17, 15) is 9.18 Å². The first-order valence-electron chi connectivity index (χ1n) is 10.3. The molecular weight excluding hydrogens is 371 g/mol. The van der Waals surface area contributed by atoms with Crippen LogP contribution in [0.15, 0.2) is 40.8 Å². The van der Waals surface area contributed by atoms with Gasteiger partial charge in [-0.2, -0.15) is 0 Å². The van der Waals surface area contributed by atoms with E-state index in [1.165, 1.54) is 18.6 Å². The number of amides is 1. The van der Waals surface area contributed by atoms with Gasteiger partial charge in [0.25, 0.3) is 5.91 Å². The molecule has 3 aromatic rings. The fraction of sp³-hybridized carbons (Fsp3) is 0.409. The van der Waals surface area contributed by atoms with Crippen molar-refractivity contribution < 1.29 is 13.6 Å². The van der Waals surface area contributed by atoms with Crippen LogP contribution in [0.2, 0.25) is 0 Å². The van der Waals surface area contributed by atoms with Gasteiger partial charge in [-0.3, -0.25) is 4.79 Å². The molecule has 1 atom stereocenters. The van der Waals surface area contributed by atoms with E-state index in [1.54, 1.807) is 24.3 Å². The van der Waals surface area contributed by atoms with Crippen LogP contribution >= 0.6 is 0 Å². The van der Waals surface area contributed by atoms with E-state index in [1.807, 2.05) is 4.90 Å². The number of hydrogen-bond donors (Lipinski definition) is 0. The maximum Gasteiger partial charge on any atom is 0.290 e. The number of fused-ring (bicyclic) bond motifs is 1. The number of hydrogen-bond acceptors (Lipinski definition) is 4. The Labute approximate surface area is 168 Å². The van der Waals surface area contributed by atoms with Crippen molar-refractivity contribution in [3.63, 3.8) is 0 Å². The predicted molar refractivity (Wildman–Crippen MR) is 105 cm³/mol. The quantitative estimate of drug-likeness (QED) is 0.661. The number of furan rings is 1. The molecule has 1 fully saturated rings. The summed E-state index contributed by atoms with van der Waals surface area (Å²) in [5, 5.41) is 8.86. The third-order valence-electron chi connectivity index (χ3n) is 5.90. The van der Waals surface area contributed by atoms with Crippen molar-refractivity contribution in [1.82, 2.24) is 19.7 Å². The van der Waals surface area contributed by atoms with Crippen LogP contribution in [0.5, 0.6) is 0 Å². The third kappa shape index (κ3) is 3.34. The molecule has 0 N–H and O–H groups in total. The number of carbonyl (C=O) groups excluding carboxylic acids is 1. The monoisotopic (exact) mass is 394 g/mol. The van der Waals surface area contributed by atoms with E-state index in [-0.39, 0.29) is 17.8 Å². The lowest BCUT2D eigenvalue weighted by atomic mass is 10.2. The molecule has 29 heavy (non-hydrogen) atoms. The van der Waals surface area contributed by atoms with E-state index >= 15 is 0 Å². The zero-order valence-corrected chi connectivity index (χ0v) is 16.2. The highest BCUT2D eigenvalue weighted by Crippen LogP contribution is 2.34. The minimum atomic E-state index is -0.302. The Bertz CT molecular complexity index is 1020. The van der Waals surface area contributed by atoms with Gasteiger partial charge in [-0.1, -0.05) is 6.42 Å². The average Bonchev–Trinajstić information content (AvgIpc) is 3.45. The SMILES string of the molecule is O=C(c1ccc(-c2ccc(F)cc2)o1)N1CCCC1c1nnc2n1CCCCC2. The van der Waals surface area contributed by atoms with Gasteiger partial charge in [0.1, 0.15) is 17.4 Å². The molecule has 150 valence electrons. The lowest BCUT2D eigenvalue weighted by Crippen LogP contribution is -2.32. The Morgan fingerprint density at radius 1 is 1.00 bits per heavy atom. The van der Waals surface area contributed by atoms with E-state index in [0.29, 0.717) is 18.1 Å². The molecule has 2 aliphatic rings. The largest absolute Gasteiger partial charge is 0.451 e. The summed E-state index contributed by atoms with van der Waals surface area (Å²) >= 11 is 0. The molecule has 0 radical (unpaired) electrons. The van der Waals surface area contributed by atoms with Gasteiger partial charge in [0.15, 0.2) is 11.6 Å². The molecule has 7 heteroatoms. The van der Waals surface area contributed by atoms with Crippen LogP contribution in [0.1, 0.15) is 60.3 Å². The minimum absolute atomic E-state index is 0.0683. The molecule has 6 nitrogen and oxygen atoms in total. The van der Waals surface area contributed by atoms with Crippen LogP contribution in [-0.4, -0.2) is 32.1 Å². The fourth-order valence-corrected chi connectivity index (χ4v) is 4.40. The van der Waals surface area contributed by atoms with Crippen LogP contribution in [0.25, 0.3) is 11.3 Å². The smallest absolute Gasteiger partial charge is 0.290 e. The van der Waals surface area contributed by atoms with Gasteiger partial charge >= 0.3 is 0 Å². The highest BCUT2D eigenvalue weighted by atomic mass is 19.1. The first-order chi connectivity index (χ1) is 14.2. The normalized spacial score (nSPS) is 19.2. The van der Waals surface area contributed by atoms with Crippen LogP contribution < -0.4 is 0 Å². The molecule has 4 heterocycles. The van der Waals surface area contributed by atoms with Crippen LogP contribution in [0.3, 0.4) is 0 Å². The molecule has 0 aliphatic carbocycles. The van der Waals surface area contributed by atoms with Crippen LogP contribution in [-0.2, 0) is 13.0 Å². The Kier molecular flexibility index (Phi) is 4.66. The highest BCUT2D eigenvalue weighted by molar-refractivity contribution is 5.92. The summed E-state index contributed by atoms with van der Waals surface area (Å²) in [5.41, 5.74) is 0.742. The molecule has 1 unspecified atom stereocenters. The van der Waals surface area contributed by atoms with Crippen molar-refractivity contribution in [2.24, 2.45) is 0 Å². The molecule has 1 saturated heterocycles. The zero-order valence-electron chi connectivity index (χ0n) is 16.2. The molecular formula is C22H23FN4O2. The predicted octanol–water partition coefficient (Wildman–Crippen LogP) is 4.38. The molecule has 1 amide bonds. The topological polar surface area (TPSA) is 64.2 Å². The van der Waals surface area contributed by atoms with Crippen molar-refractivity contribution in [3.05, 3.63) is 59.6 Å². The Morgan fingerprint density at radius 2 is 1.86 bits per heavy atom. The number of likely N-dealkylation sites (tertiary alicyclic amines) is 1. The van der Waals surface area contributed by atoms with Gasteiger partial charge < -0.3 is 13.9 Å². The van der Waals surface area contributed by atoms with Gasteiger partial charge in [-0.15, -0.1) is 10.2 Å². The second-order valence-corrected chi connectivity index (χ2v) is 7.76. The number of halogens is 1. The Morgan fingerprint density at radius 3 is 2.72 bits per heavy atom. The fourth-order valence-electron chi connectivity index (χ4n) is 4.40. The number of nitrogens with zero attached hydrogens (tertiary/aromatic N) is 4. The number of rotatable bonds is 3. The summed E-state index contributed by atoms with van der Waals surface area (Å²) in [6.07, 6.45) is 6.24. The van der Waals surface area contributed by atoms with Crippen molar-refractivity contribution in [1.29, 1.82) is 0 Å². The summed E-state index contributed by atoms with van der Waals surface area (Å²) in [4.78, 5) is 15.1. The number of benzene rings is 1. The van der Waals surface area contributed by atoms with Crippen molar-refractivity contribution in [3.8, 4) is 11.3 Å². The van der Waals surface area contributed by atoms with Gasteiger partial charge in [-0.05, 0) is 62.1 Å². The van der Waals surface area contributed by atoms with Crippen molar-refractivity contribution in [2.45, 2.75) is 51.1 Å². The van der Waals surface area contributed by atoms with Gasteiger partial charge in [-0.25, -0.2) is 4.39 Å². The number of carbonyl (C=O) groups is 1. The van der Waals surface area contributed by atoms with E-state index in [4.69, 9.17) is 4.42 Å². The Balaban J connectivity index is 1.40. The molecule has 5 rings (SSSR count). The van der Waals surface area contributed by atoms with Crippen molar-refractivity contribution >= 4 is 5.91 Å². The lowest BCUT2D eigenvalue weighted by Gasteiger charge is -2.23. The molecule has 2 aromatic heterocycles. The second-order valence-electron chi connectivity index (χ2n) is 7.76. The molecule has 0 spiro atoms. The maximum absolute atomic E-state index is 13.2. The standard InChI is InChI=1S/C22H23FN4O2/c23-16-9-7-15(8-10-16)18-11-12-19(29-18)22(28)26-14-4-5-17(26)21-25-24-20-6-2-1-3-13-27(20)21/h7-12,17H,1-6,13-14H2. The minimum Gasteiger partial charge on any atom is -0.451 e. The molecule has 0 saturated carbocycles. The summed E-state index contributed by atoms with van der Waals surface area (Å²) < 4.78 is 21.2. The number of aromatic nitrogens is 3. The summed E-state index contributed by atoms with van der Waals surface area (Å²) in [6, 6.07) is 9.44. The summed E-state index contributed by atoms with van der Waals surface area (Å²) in [6.45, 7) is 1.60. The third-order valence-corrected chi connectivity index (χ3v) is 5.90. The Hall–Kier alpha value is -2.96. The maximum atomic E-state index is 13.2. The van der Waals surface area contributed by atoms with Crippen LogP contribution in [0, 0.1) is 5.82 Å². The molecule has 2 aliphatic heterocycles. The first-order valence-corrected chi connectivity index (χ1v) is 10.3. The summed E-state index contributed by atoms with van der Waals surface area (Å²) in [7, 11) is 0. The van der Waals surface area contributed by atoms with E-state index in [2.05, 4.69) is 14.8 Å². The number of aryl methyl sites for hydroxylation is 1. The van der Waals surface area contributed by atoms with Gasteiger partial charge in [0.2, 0.25) is 0 Å². The first kappa shape index (κ1) is 18.1. The van der Waals surface area contributed by atoms with Crippen LogP contribution in [0.4, 0.5) is 4.39 Å². The summed E-state index contributed by atoms with van der Waals surface area (Å²) in [5.74, 6) is 2.36.